The predicted molar refractivity (Wildman–Crippen MR) is 81.0 cm³/mol. The molecule has 0 aliphatic heterocycles. The Morgan fingerprint density at radius 2 is 2.20 bits per heavy atom. The number of methoxy groups -OCH3 is 1. The van der Waals surface area contributed by atoms with E-state index in [1.165, 1.54) is 18.1 Å². The number of likely N-dealkylation sites (N-methyl/N-ethyl adjacent to an activating group) is 1. The van der Waals surface area contributed by atoms with Gasteiger partial charge in [0.2, 0.25) is 5.91 Å². The zero-order valence-electron chi connectivity index (χ0n) is 11.3. The number of benzene rings is 1. The summed E-state index contributed by atoms with van der Waals surface area (Å²) < 4.78 is 4.80. The third kappa shape index (κ3) is 5.51. The Bertz CT molecular complexity index is 491. The zero-order chi connectivity index (χ0) is 15.1. The summed E-state index contributed by atoms with van der Waals surface area (Å²) >= 11 is 11.9. The standard InChI is InChI=1S/C14H17Cl2NO3/c1-17(8-12(18)9-20-2)14(19)6-3-10-7-11(15)4-5-13(10)16/h3-7,12,18H,8-9H2,1-2H3. The highest BCUT2D eigenvalue weighted by atomic mass is 35.5. The van der Waals surface area contributed by atoms with E-state index in [1.54, 1.807) is 31.3 Å². The van der Waals surface area contributed by atoms with Crippen molar-refractivity contribution in [3.05, 3.63) is 39.9 Å². The number of carbonyl (C=O) groups excluding carboxylic acids is 1. The van der Waals surface area contributed by atoms with Crippen LogP contribution in [0.4, 0.5) is 0 Å². The number of halogens is 2. The second kappa shape index (κ2) is 8.27. The smallest absolute Gasteiger partial charge is 0.246 e. The van der Waals surface area contributed by atoms with Gasteiger partial charge in [0.15, 0.2) is 0 Å². The first-order chi connectivity index (χ1) is 9.43. The molecule has 1 N–H and O–H groups in total. The molecule has 1 rings (SSSR count). The van der Waals surface area contributed by atoms with Crippen LogP contribution in [0.25, 0.3) is 6.08 Å². The zero-order valence-corrected chi connectivity index (χ0v) is 12.9. The van der Waals surface area contributed by atoms with Crippen molar-refractivity contribution in [3.63, 3.8) is 0 Å². The molecule has 1 aromatic carbocycles. The summed E-state index contributed by atoms with van der Waals surface area (Å²) in [7, 11) is 3.09. The molecule has 20 heavy (non-hydrogen) atoms. The van der Waals surface area contributed by atoms with Crippen LogP contribution in [0, 0.1) is 0 Å². The lowest BCUT2D eigenvalue weighted by Gasteiger charge is -2.18. The topological polar surface area (TPSA) is 49.8 Å². The molecule has 4 nitrogen and oxygen atoms in total. The van der Waals surface area contributed by atoms with Gasteiger partial charge >= 0.3 is 0 Å². The minimum absolute atomic E-state index is 0.182. The fourth-order valence-electron chi connectivity index (χ4n) is 1.58. The molecule has 0 aliphatic carbocycles. The Morgan fingerprint density at radius 1 is 1.50 bits per heavy atom. The molecule has 6 heteroatoms. The van der Waals surface area contributed by atoms with Gasteiger partial charge in [-0.2, -0.15) is 0 Å². The average molecular weight is 318 g/mol. The molecule has 1 aromatic rings. The third-order valence-corrected chi connectivity index (χ3v) is 3.16. The van der Waals surface area contributed by atoms with Crippen molar-refractivity contribution in [2.24, 2.45) is 0 Å². The first-order valence-electron chi connectivity index (χ1n) is 5.99. The number of amides is 1. The molecule has 0 radical (unpaired) electrons. The summed E-state index contributed by atoms with van der Waals surface area (Å²) in [5.74, 6) is -0.240. The Morgan fingerprint density at radius 3 is 2.85 bits per heavy atom. The van der Waals surface area contributed by atoms with Crippen LogP contribution in [0.2, 0.25) is 10.0 Å². The Hall–Kier alpha value is -1.07. The number of aliphatic hydroxyl groups excluding tert-OH is 1. The summed E-state index contributed by atoms with van der Waals surface area (Å²) in [5, 5.41) is 10.6. The molecule has 0 aliphatic rings. The second-order valence-corrected chi connectivity index (χ2v) is 5.17. The maximum atomic E-state index is 11.9. The molecule has 110 valence electrons. The van der Waals surface area contributed by atoms with E-state index in [0.717, 1.165) is 0 Å². The highest BCUT2D eigenvalue weighted by molar-refractivity contribution is 6.34. The van der Waals surface area contributed by atoms with Crippen LogP contribution in [-0.2, 0) is 9.53 Å². The number of aliphatic hydroxyl groups is 1. The average Bonchev–Trinajstić information content (AvgIpc) is 2.39. The van der Waals surface area contributed by atoms with Gasteiger partial charge in [0.25, 0.3) is 0 Å². The molecular weight excluding hydrogens is 301 g/mol. The lowest BCUT2D eigenvalue weighted by Crippen LogP contribution is -2.35. The first-order valence-corrected chi connectivity index (χ1v) is 6.75. The van der Waals surface area contributed by atoms with Crippen molar-refractivity contribution in [2.75, 3.05) is 27.3 Å². The number of hydrogen-bond acceptors (Lipinski definition) is 3. The lowest BCUT2D eigenvalue weighted by molar-refractivity contribution is -0.126. The first kappa shape index (κ1) is 17.0. The minimum atomic E-state index is -0.711. The van der Waals surface area contributed by atoms with Gasteiger partial charge in [-0.05, 0) is 29.8 Å². The van der Waals surface area contributed by atoms with Gasteiger partial charge in [0.1, 0.15) is 0 Å². The summed E-state index contributed by atoms with van der Waals surface area (Å²) in [4.78, 5) is 13.3. The lowest BCUT2D eigenvalue weighted by atomic mass is 10.2. The van der Waals surface area contributed by atoms with Crippen LogP contribution in [0.5, 0.6) is 0 Å². The maximum absolute atomic E-state index is 11.9. The van der Waals surface area contributed by atoms with Gasteiger partial charge in [-0.1, -0.05) is 23.2 Å². The number of rotatable bonds is 6. The monoisotopic (exact) mass is 317 g/mol. The van der Waals surface area contributed by atoms with E-state index in [9.17, 15) is 9.90 Å². The maximum Gasteiger partial charge on any atom is 0.246 e. The quantitative estimate of drug-likeness (QED) is 0.820. The van der Waals surface area contributed by atoms with Crippen LogP contribution >= 0.6 is 23.2 Å². The molecule has 1 unspecified atom stereocenters. The van der Waals surface area contributed by atoms with Crippen molar-refractivity contribution < 1.29 is 14.6 Å². The third-order valence-electron chi connectivity index (χ3n) is 2.58. The summed E-state index contributed by atoms with van der Waals surface area (Å²) in [5.41, 5.74) is 0.665. The van der Waals surface area contributed by atoms with Gasteiger partial charge in [0.05, 0.1) is 12.7 Å². The molecule has 0 spiro atoms. The minimum Gasteiger partial charge on any atom is -0.389 e. The second-order valence-electron chi connectivity index (χ2n) is 4.33. The summed E-state index contributed by atoms with van der Waals surface area (Å²) in [6, 6.07) is 5.02. The fourth-order valence-corrected chi connectivity index (χ4v) is 1.94. The van der Waals surface area contributed by atoms with Gasteiger partial charge < -0.3 is 14.7 Å². The van der Waals surface area contributed by atoms with Gasteiger partial charge in [-0.15, -0.1) is 0 Å². The molecule has 1 amide bonds. The Balaban J connectivity index is 2.65. The van der Waals surface area contributed by atoms with Crippen LogP contribution in [-0.4, -0.2) is 49.3 Å². The van der Waals surface area contributed by atoms with Crippen molar-refractivity contribution in [2.45, 2.75) is 6.10 Å². The molecule has 0 bridgehead atoms. The summed E-state index contributed by atoms with van der Waals surface area (Å²) in [6.45, 7) is 0.377. The molecule has 1 atom stereocenters. The number of nitrogens with zero attached hydrogens (tertiary/aromatic N) is 1. The summed E-state index contributed by atoms with van der Waals surface area (Å²) in [6.07, 6.45) is 2.27. The van der Waals surface area contributed by atoms with Crippen molar-refractivity contribution in [1.29, 1.82) is 0 Å². The molecule has 0 saturated heterocycles. The number of ether oxygens (including phenoxy) is 1. The van der Waals surface area contributed by atoms with E-state index in [2.05, 4.69) is 0 Å². The SMILES string of the molecule is COCC(O)CN(C)C(=O)C=Cc1cc(Cl)ccc1Cl. The highest BCUT2D eigenvalue weighted by Crippen LogP contribution is 2.21. The van der Waals surface area contributed by atoms with Gasteiger partial charge in [-0.25, -0.2) is 0 Å². The van der Waals surface area contributed by atoms with Crippen molar-refractivity contribution in [1.82, 2.24) is 4.90 Å². The van der Waals surface area contributed by atoms with Crippen LogP contribution in [0.1, 0.15) is 5.56 Å². The van der Waals surface area contributed by atoms with Gasteiger partial charge in [0, 0.05) is 36.8 Å². The van der Waals surface area contributed by atoms with E-state index in [4.69, 9.17) is 27.9 Å². The van der Waals surface area contributed by atoms with Crippen molar-refractivity contribution >= 4 is 35.2 Å². The van der Waals surface area contributed by atoms with E-state index in [-0.39, 0.29) is 19.1 Å². The van der Waals surface area contributed by atoms with E-state index in [1.807, 2.05) is 0 Å². The largest absolute Gasteiger partial charge is 0.389 e. The molecular formula is C14H17Cl2NO3. The van der Waals surface area contributed by atoms with Crippen LogP contribution in [0.15, 0.2) is 24.3 Å². The number of carbonyl (C=O) groups is 1. The molecule has 0 saturated carbocycles. The molecule has 0 heterocycles. The Kier molecular flexibility index (Phi) is 7.02. The number of hydrogen-bond donors (Lipinski definition) is 1. The molecule has 0 fully saturated rings. The van der Waals surface area contributed by atoms with Crippen LogP contribution < -0.4 is 0 Å². The normalized spacial score (nSPS) is 12.7. The van der Waals surface area contributed by atoms with E-state index in [0.29, 0.717) is 15.6 Å². The van der Waals surface area contributed by atoms with E-state index < -0.39 is 6.10 Å². The Labute approximate surface area is 128 Å². The van der Waals surface area contributed by atoms with E-state index >= 15 is 0 Å². The van der Waals surface area contributed by atoms with Gasteiger partial charge in [-0.3, -0.25) is 4.79 Å². The molecule has 0 aromatic heterocycles. The van der Waals surface area contributed by atoms with Crippen molar-refractivity contribution in [3.8, 4) is 0 Å². The van der Waals surface area contributed by atoms with Crippen LogP contribution in [0.3, 0.4) is 0 Å². The highest BCUT2D eigenvalue weighted by Gasteiger charge is 2.11. The predicted octanol–water partition coefficient (Wildman–Crippen LogP) is 2.47. The fraction of sp³-hybridized carbons (Fsp3) is 0.357.